The van der Waals surface area contributed by atoms with Crippen LogP contribution in [0, 0.1) is 5.82 Å². The molecule has 1 aliphatic heterocycles. The first-order valence-electron chi connectivity index (χ1n) is 9.57. The third-order valence-electron chi connectivity index (χ3n) is 5.04. The normalized spacial score (nSPS) is 16.1. The molecule has 0 unspecified atom stereocenters. The molecular formula is C21H22FN3OS2. The second-order valence-corrected chi connectivity index (χ2v) is 9.20. The summed E-state index contributed by atoms with van der Waals surface area (Å²) in [5, 5.41) is 3.57. The van der Waals surface area contributed by atoms with Gasteiger partial charge in [-0.25, -0.2) is 14.4 Å². The first-order valence-corrected chi connectivity index (χ1v) is 11.3. The van der Waals surface area contributed by atoms with Crippen molar-refractivity contribution in [3.8, 4) is 11.1 Å². The Morgan fingerprint density at radius 2 is 1.86 bits per heavy atom. The quantitative estimate of drug-likeness (QED) is 0.424. The summed E-state index contributed by atoms with van der Waals surface area (Å²) in [6.07, 6.45) is 6.13. The Kier molecular flexibility index (Phi) is 5.92. The van der Waals surface area contributed by atoms with Gasteiger partial charge < -0.3 is 4.90 Å². The van der Waals surface area contributed by atoms with Crippen LogP contribution in [0.15, 0.2) is 41.0 Å². The molecule has 0 N–H and O–H groups in total. The molecule has 28 heavy (non-hydrogen) atoms. The fourth-order valence-electron chi connectivity index (χ4n) is 3.54. The van der Waals surface area contributed by atoms with Gasteiger partial charge in [0.15, 0.2) is 0 Å². The van der Waals surface area contributed by atoms with Crippen LogP contribution in [0.3, 0.4) is 0 Å². The number of hydrogen-bond acceptors (Lipinski definition) is 5. The number of nitrogens with zero attached hydrogens (tertiary/aromatic N) is 3. The van der Waals surface area contributed by atoms with E-state index in [0.29, 0.717) is 0 Å². The molecule has 0 aliphatic carbocycles. The Morgan fingerprint density at radius 3 is 2.57 bits per heavy atom. The highest BCUT2D eigenvalue weighted by Gasteiger charge is 2.24. The lowest BCUT2D eigenvalue weighted by Gasteiger charge is -2.23. The number of fused-ring (bicyclic) bond motifs is 1. The minimum Gasteiger partial charge on any atom is -0.342 e. The van der Waals surface area contributed by atoms with Crippen LogP contribution in [0.1, 0.15) is 32.6 Å². The third-order valence-corrected chi connectivity index (χ3v) is 7.02. The van der Waals surface area contributed by atoms with Crippen molar-refractivity contribution in [1.82, 2.24) is 14.9 Å². The summed E-state index contributed by atoms with van der Waals surface area (Å²) in [4.78, 5) is 24.7. The Morgan fingerprint density at radius 1 is 1.14 bits per heavy atom. The van der Waals surface area contributed by atoms with Crippen LogP contribution >= 0.6 is 23.1 Å². The molecule has 1 saturated heterocycles. The monoisotopic (exact) mass is 415 g/mol. The predicted molar refractivity (Wildman–Crippen MR) is 113 cm³/mol. The van der Waals surface area contributed by atoms with E-state index >= 15 is 0 Å². The third kappa shape index (κ3) is 4.05. The van der Waals surface area contributed by atoms with Gasteiger partial charge in [0, 0.05) is 24.0 Å². The maximum absolute atomic E-state index is 13.3. The van der Waals surface area contributed by atoms with Crippen LogP contribution in [0.25, 0.3) is 21.3 Å². The van der Waals surface area contributed by atoms with Crippen molar-refractivity contribution in [2.75, 3.05) is 13.1 Å². The van der Waals surface area contributed by atoms with Crippen molar-refractivity contribution in [2.24, 2.45) is 0 Å². The molecule has 146 valence electrons. The van der Waals surface area contributed by atoms with Gasteiger partial charge in [0.05, 0.1) is 10.6 Å². The number of likely N-dealkylation sites (tertiary alicyclic amines) is 1. The number of rotatable bonds is 4. The molecule has 7 heteroatoms. The zero-order valence-corrected chi connectivity index (χ0v) is 17.4. The molecule has 0 spiro atoms. The van der Waals surface area contributed by atoms with E-state index in [-0.39, 0.29) is 17.0 Å². The van der Waals surface area contributed by atoms with E-state index in [4.69, 9.17) is 0 Å². The number of aromatic nitrogens is 2. The minimum atomic E-state index is -0.259. The van der Waals surface area contributed by atoms with Crippen LogP contribution in [-0.2, 0) is 4.79 Å². The lowest BCUT2D eigenvalue weighted by molar-refractivity contribution is -0.130. The van der Waals surface area contributed by atoms with Crippen molar-refractivity contribution in [3.05, 3.63) is 41.8 Å². The van der Waals surface area contributed by atoms with E-state index in [1.54, 1.807) is 18.5 Å². The highest BCUT2D eigenvalue weighted by molar-refractivity contribution is 8.00. The highest BCUT2D eigenvalue weighted by atomic mass is 32.2. The molecule has 3 aromatic rings. The smallest absolute Gasteiger partial charge is 0.235 e. The number of carbonyl (C=O) groups excluding carboxylic acids is 1. The van der Waals surface area contributed by atoms with Gasteiger partial charge in [-0.3, -0.25) is 4.79 Å². The van der Waals surface area contributed by atoms with Crippen molar-refractivity contribution in [2.45, 2.75) is 42.9 Å². The van der Waals surface area contributed by atoms with Gasteiger partial charge >= 0.3 is 0 Å². The molecule has 1 atom stereocenters. The van der Waals surface area contributed by atoms with Crippen LogP contribution in [0.5, 0.6) is 0 Å². The molecule has 0 saturated carbocycles. The molecular weight excluding hydrogens is 393 g/mol. The van der Waals surface area contributed by atoms with E-state index in [1.807, 2.05) is 17.2 Å². The van der Waals surface area contributed by atoms with Crippen LogP contribution in [0.4, 0.5) is 4.39 Å². The number of hydrogen-bond donors (Lipinski definition) is 0. The van der Waals surface area contributed by atoms with Gasteiger partial charge in [-0.05, 0) is 37.5 Å². The second kappa shape index (κ2) is 8.57. The average molecular weight is 416 g/mol. The number of halogens is 1. The summed E-state index contributed by atoms with van der Waals surface area (Å²) >= 11 is 3.03. The Labute approximate surface area is 172 Å². The predicted octanol–water partition coefficient (Wildman–Crippen LogP) is 5.38. The molecule has 2 aromatic heterocycles. The fraction of sp³-hybridized carbons (Fsp3) is 0.381. The summed E-state index contributed by atoms with van der Waals surface area (Å²) in [5.74, 6) is -0.0805. The number of amides is 1. The average Bonchev–Trinajstić information content (AvgIpc) is 2.95. The zero-order valence-electron chi connectivity index (χ0n) is 15.7. The summed E-state index contributed by atoms with van der Waals surface area (Å²) in [7, 11) is 0. The van der Waals surface area contributed by atoms with Gasteiger partial charge in [0.1, 0.15) is 22.0 Å². The van der Waals surface area contributed by atoms with Gasteiger partial charge in [0.2, 0.25) is 5.91 Å². The van der Waals surface area contributed by atoms with Crippen LogP contribution < -0.4 is 0 Å². The fourth-order valence-corrected chi connectivity index (χ4v) is 5.54. The number of thioether (sulfide) groups is 1. The molecule has 3 heterocycles. The summed E-state index contributed by atoms with van der Waals surface area (Å²) < 4.78 is 13.3. The van der Waals surface area contributed by atoms with Crippen LogP contribution in [0.2, 0.25) is 0 Å². The summed E-state index contributed by atoms with van der Waals surface area (Å²) in [6.45, 7) is 3.65. The van der Waals surface area contributed by atoms with Crippen molar-refractivity contribution in [1.29, 1.82) is 0 Å². The minimum absolute atomic E-state index is 0.178. The van der Waals surface area contributed by atoms with Gasteiger partial charge in [-0.15, -0.1) is 11.3 Å². The molecule has 1 aromatic carbocycles. The van der Waals surface area contributed by atoms with Gasteiger partial charge in [-0.2, -0.15) is 0 Å². The Bertz CT molecular complexity index is 965. The van der Waals surface area contributed by atoms with Crippen molar-refractivity contribution < 1.29 is 9.18 Å². The van der Waals surface area contributed by atoms with E-state index in [9.17, 15) is 9.18 Å². The largest absolute Gasteiger partial charge is 0.342 e. The molecule has 4 rings (SSSR count). The molecule has 1 aliphatic rings. The first-order chi connectivity index (χ1) is 13.6. The van der Waals surface area contributed by atoms with Gasteiger partial charge in [-0.1, -0.05) is 36.7 Å². The molecule has 0 radical (unpaired) electrons. The van der Waals surface area contributed by atoms with E-state index in [1.165, 1.54) is 48.1 Å². The second-order valence-electron chi connectivity index (χ2n) is 7.01. The van der Waals surface area contributed by atoms with Gasteiger partial charge in [0.25, 0.3) is 0 Å². The molecule has 1 amide bonds. The number of benzene rings is 1. The van der Waals surface area contributed by atoms with Crippen LogP contribution in [-0.4, -0.2) is 39.1 Å². The summed E-state index contributed by atoms with van der Waals surface area (Å²) in [6, 6.07) is 6.45. The lowest BCUT2D eigenvalue weighted by atomic mass is 10.1. The standard InChI is InChI=1S/C21H22FN3OS2/c1-14(21(26)25-10-4-2-3-5-11-25)28-20-18-17(12-27-19(18)23-13-24-20)15-6-8-16(22)9-7-15/h6-9,12-14H,2-5,10-11H2,1H3/t14-/m1/s1. The number of carbonyl (C=O) groups is 1. The SMILES string of the molecule is C[C@@H](Sc1ncnc2scc(-c3ccc(F)cc3)c12)C(=O)N1CCCCCC1. The van der Waals surface area contributed by atoms with Crippen molar-refractivity contribution in [3.63, 3.8) is 0 Å². The highest BCUT2D eigenvalue weighted by Crippen LogP contribution is 2.39. The Balaban J connectivity index is 1.62. The topological polar surface area (TPSA) is 46.1 Å². The van der Waals surface area contributed by atoms with E-state index < -0.39 is 0 Å². The maximum atomic E-state index is 13.3. The lowest BCUT2D eigenvalue weighted by Crippen LogP contribution is -2.37. The zero-order chi connectivity index (χ0) is 19.5. The molecule has 4 nitrogen and oxygen atoms in total. The molecule has 1 fully saturated rings. The van der Waals surface area contributed by atoms with E-state index in [2.05, 4.69) is 9.97 Å². The molecule has 0 bridgehead atoms. The maximum Gasteiger partial charge on any atom is 0.235 e. The summed E-state index contributed by atoms with van der Waals surface area (Å²) in [5.41, 5.74) is 1.91. The Hall–Kier alpha value is -1.99. The number of thiophene rings is 1. The van der Waals surface area contributed by atoms with E-state index in [0.717, 1.165) is 52.3 Å². The van der Waals surface area contributed by atoms with Crippen molar-refractivity contribution >= 4 is 39.2 Å². The first kappa shape index (κ1) is 19.3.